The Morgan fingerprint density at radius 3 is 2.81 bits per heavy atom. The lowest BCUT2D eigenvalue weighted by atomic mass is 9.93. The summed E-state index contributed by atoms with van der Waals surface area (Å²) in [5, 5.41) is 3.13. The van der Waals surface area contributed by atoms with Crippen LogP contribution in [0.15, 0.2) is 0 Å². The molecule has 5 heteroatoms. The number of esters is 1. The molecule has 0 aromatic carbocycles. The van der Waals surface area contributed by atoms with Gasteiger partial charge in [0.2, 0.25) is 5.91 Å². The number of hydrogen-bond donors (Lipinski definition) is 1. The maximum Gasteiger partial charge on any atom is 0.307 e. The highest BCUT2D eigenvalue weighted by Crippen LogP contribution is 2.19. The summed E-state index contributed by atoms with van der Waals surface area (Å²) in [6, 6.07) is -0.459. The Hall–Kier alpha value is -1.10. The smallest absolute Gasteiger partial charge is 0.307 e. The Balaban J connectivity index is 2.71. The van der Waals surface area contributed by atoms with Crippen molar-refractivity contribution in [2.45, 2.75) is 26.3 Å². The van der Waals surface area contributed by atoms with Crippen LogP contribution >= 0.6 is 0 Å². The average molecular weight is 228 g/mol. The van der Waals surface area contributed by atoms with Crippen LogP contribution in [0, 0.1) is 5.41 Å². The number of methoxy groups -OCH3 is 1. The van der Waals surface area contributed by atoms with Gasteiger partial charge in [-0.05, 0) is 5.41 Å². The molecule has 1 saturated heterocycles. The Labute approximate surface area is 96.1 Å². The van der Waals surface area contributed by atoms with E-state index in [0.717, 1.165) is 0 Å². The van der Waals surface area contributed by atoms with Crippen molar-refractivity contribution >= 4 is 11.9 Å². The van der Waals surface area contributed by atoms with Gasteiger partial charge in [-0.15, -0.1) is 0 Å². The van der Waals surface area contributed by atoms with Crippen molar-refractivity contribution in [3.8, 4) is 0 Å². The highest BCUT2D eigenvalue weighted by atomic mass is 16.5. The van der Waals surface area contributed by atoms with Gasteiger partial charge in [-0.2, -0.15) is 0 Å². The number of rotatable bonds is 2. The van der Waals surface area contributed by atoms with Gasteiger partial charge >= 0.3 is 5.97 Å². The van der Waals surface area contributed by atoms with Crippen molar-refractivity contribution in [3.05, 3.63) is 0 Å². The summed E-state index contributed by atoms with van der Waals surface area (Å²) in [5.74, 6) is -0.407. The van der Waals surface area contributed by atoms with Crippen LogP contribution in [0.1, 0.15) is 20.3 Å². The maximum absolute atomic E-state index is 11.9. The van der Waals surface area contributed by atoms with E-state index in [-0.39, 0.29) is 23.7 Å². The molecular weight excluding hydrogens is 208 g/mol. The molecule has 1 rings (SSSR count). The van der Waals surface area contributed by atoms with E-state index in [0.29, 0.717) is 13.1 Å². The molecule has 0 aromatic heterocycles. The summed E-state index contributed by atoms with van der Waals surface area (Å²) in [6.45, 7) is 5.58. The molecule has 0 aliphatic carbocycles. The lowest BCUT2D eigenvalue weighted by Crippen LogP contribution is -2.43. The quantitative estimate of drug-likeness (QED) is 0.676. The van der Waals surface area contributed by atoms with Crippen LogP contribution in [-0.4, -0.2) is 50.1 Å². The van der Waals surface area contributed by atoms with Gasteiger partial charge in [0, 0.05) is 20.1 Å². The van der Waals surface area contributed by atoms with E-state index in [4.69, 9.17) is 0 Å². The molecule has 16 heavy (non-hydrogen) atoms. The third-order valence-corrected chi connectivity index (χ3v) is 2.76. The maximum atomic E-state index is 11.9. The number of amides is 1. The molecule has 0 spiro atoms. The molecular formula is C11H20N2O3. The zero-order chi connectivity index (χ0) is 12.3. The molecule has 0 saturated carbocycles. The number of carbonyl (C=O) groups is 2. The largest absolute Gasteiger partial charge is 0.469 e. The molecule has 5 nitrogen and oxygen atoms in total. The van der Waals surface area contributed by atoms with E-state index in [1.165, 1.54) is 7.11 Å². The highest BCUT2D eigenvalue weighted by molar-refractivity contribution is 5.86. The Kier molecular flexibility index (Phi) is 3.91. The molecule has 1 unspecified atom stereocenters. The van der Waals surface area contributed by atoms with Crippen LogP contribution in [0.3, 0.4) is 0 Å². The molecule has 0 radical (unpaired) electrons. The third-order valence-electron chi connectivity index (χ3n) is 2.76. The van der Waals surface area contributed by atoms with Crippen LogP contribution in [-0.2, 0) is 14.3 Å². The first-order chi connectivity index (χ1) is 7.35. The number of likely N-dealkylation sites (N-methyl/N-ethyl adjacent to an activating group) is 1. The van der Waals surface area contributed by atoms with Gasteiger partial charge in [-0.25, -0.2) is 0 Å². The molecule has 0 bridgehead atoms. The van der Waals surface area contributed by atoms with Crippen LogP contribution in [0.5, 0.6) is 0 Å². The molecule has 92 valence electrons. The minimum atomic E-state index is -0.459. The second-order valence-electron chi connectivity index (χ2n) is 5.07. The second kappa shape index (κ2) is 4.82. The van der Waals surface area contributed by atoms with Crippen LogP contribution in [0.4, 0.5) is 0 Å². The van der Waals surface area contributed by atoms with E-state index in [1.807, 2.05) is 0 Å². The molecule has 1 heterocycles. The fourth-order valence-electron chi connectivity index (χ4n) is 1.94. The normalized spacial score (nSPS) is 25.1. The van der Waals surface area contributed by atoms with Crippen molar-refractivity contribution in [1.82, 2.24) is 10.2 Å². The summed E-state index contributed by atoms with van der Waals surface area (Å²) in [5.41, 5.74) is 0.0231. The van der Waals surface area contributed by atoms with Gasteiger partial charge < -0.3 is 15.0 Å². The van der Waals surface area contributed by atoms with E-state index in [2.05, 4.69) is 23.9 Å². The van der Waals surface area contributed by atoms with E-state index in [9.17, 15) is 9.59 Å². The minimum Gasteiger partial charge on any atom is -0.469 e. The Morgan fingerprint density at radius 2 is 2.25 bits per heavy atom. The number of nitrogens with one attached hydrogen (secondary N) is 1. The number of carbonyl (C=O) groups excluding carboxylic acids is 2. The lowest BCUT2D eigenvalue weighted by Gasteiger charge is -2.26. The first kappa shape index (κ1) is 13.0. The van der Waals surface area contributed by atoms with E-state index < -0.39 is 6.04 Å². The second-order valence-corrected chi connectivity index (χ2v) is 5.07. The fraction of sp³-hybridized carbons (Fsp3) is 0.818. The van der Waals surface area contributed by atoms with Gasteiger partial charge in [0.25, 0.3) is 0 Å². The number of nitrogens with zero attached hydrogens (tertiary/aromatic N) is 1. The molecule has 1 aliphatic heterocycles. The highest BCUT2D eigenvalue weighted by Gasteiger charge is 2.33. The first-order valence-electron chi connectivity index (χ1n) is 5.41. The Morgan fingerprint density at radius 1 is 1.62 bits per heavy atom. The first-order valence-corrected chi connectivity index (χ1v) is 5.41. The topological polar surface area (TPSA) is 58.6 Å². The van der Waals surface area contributed by atoms with Crippen molar-refractivity contribution < 1.29 is 14.3 Å². The predicted octanol–water partition coefficient (Wildman–Crippen LogP) is 0.00590. The van der Waals surface area contributed by atoms with Gasteiger partial charge in [0.1, 0.15) is 0 Å². The molecule has 1 fully saturated rings. The minimum absolute atomic E-state index is 0.0231. The van der Waals surface area contributed by atoms with E-state index >= 15 is 0 Å². The Bertz CT molecular complexity index is 289. The number of hydrogen-bond acceptors (Lipinski definition) is 4. The molecule has 1 N–H and O–H groups in total. The van der Waals surface area contributed by atoms with Crippen molar-refractivity contribution in [1.29, 1.82) is 0 Å². The van der Waals surface area contributed by atoms with Gasteiger partial charge in [-0.1, -0.05) is 13.8 Å². The lowest BCUT2D eigenvalue weighted by molar-refractivity contribution is -0.144. The average Bonchev–Trinajstić information content (AvgIpc) is 2.29. The van der Waals surface area contributed by atoms with Crippen molar-refractivity contribution in [2.75, 3.05) is 27.2 Å². The predicted molar refractivity (Wildman–Crippen MR) is 59.8 cm³/mol. The van der Waals surface area contributed by atoms with Gasteiger partial charge in [0.15, 0.2) is 0 Å². The number of ether oxygens (including phenoxy) is 1. The zero-order valence-corrected chi connectivity index (χ0v) is 10.4. The van der Waals surface area contributed by atoms with Crippen LogP contribution in [0.2, 0.25) is 0 Å². The fourth-order valence-corrected chi connectivity index (χ4v) is 1.94. The molecule has 1 amide bonds. The summed E-state index contributed by atoms with van der Waals surface area (Å²) >= 11 is 0. The van der Waals surface area contributed by atoms with Crippen molar-refractivity contribution in [3.63, 3.8) is 0 Å². The summed E-state index contributed by atoms with van der Waals surface area (Å²) in [4.78, 5) is 24.8. The summed E-state index contributed by atoms with van der Waals surface area (Å²) in [6.07, 6.45) is 0.0930. The molecule has 1 atom stereocenters. The van der Waals surface area contributed by atoms with Gasteiger partial charge in [0.05, 0.1) is 19.6 Å². The van der Waals surface area contributed by atoms with Crippen LogP contribution in [0.25, 0.3) is 0 Å². The summed E-state index contributed by atoms with van der Waals surface area (Å²) < 4.78 is 4.58. The van der Waals surface area contributed by atoms with Gasteiger partial charge in [-0.3, -0.25) is 9.59 Å². The molecule has 0 aromatic rings. The van der Waals surface area contributed by atoms with Crippen LogP contribution < -0.4 is 5.32 Å². The standard InChI is InChI=1S/C11H20N2O3/c1-11(2)6-12-8(5-9(14)16-4)10(15)13(3)7-11/h8,12H,5-7H2,1-4H3. The monoisotopic (exact) mass is 228 g/mol. The van der Waals surface area contributed by atoms with E-state index in [1.54, 1.807) is 11.9 Å². The molecule has 1 aliphatic rings. The SMILES string of the molecule is COC(=O)CC1NCC(C)(C)CN(C)C1=O. The summed E-state index contributed by atoms with van der Waals surface area (Å²) in [7, 11) is 3.10. The van der Waals surface area contributed by atoms with Crippen molar-refractivity contribution in [2.24, 2.45) is 5.41 Å². The third kappa shape index (κ3) is 3.20. The zero-order valence-electron chi connectivity index (χ0n) is 10.4.